The highest BCUT2D eigenvalue weighted by atomic mass is 35.5. The first-order valence-electron chi connectivity index (χ1n) is 6.64. The van der Waals surface area contributed by atoms with E-state index in [0.717, 1.165) is 0 Å². The molecular formula is C14H19ClN2O4. The molecule has 1 aromatic rings. The van der Waals surface area contributed by atoms with E-state index in [9.17, 15) is 14.9 Å². The largest absolute Gasteiger partial charge is 0.490 e. The first kappa shape index (κ1) is 17.2. The Balaban J connectivity index is 3.19. The van der Waals surface area contributed by atoms with Gasteiger partial charge in [-0.15, -0.1) is 11.6 Å². The van der Waals surface area contributed by atoms with Crippen LogP contribution in [-0.2, 0) is 0 Å². The first-order valence-corrected chi connectivity index (χ1v) is 7.18. The van der Waals surface area contributed by atoms with Crippen LogP contribution in [0, 0.1) is 10.1 Å². The Kier molecular flexibility index (Phi) is 5.96. The molecule has 7 heteroatoms. The normalized spacial score (nSPS) is 11.0. The molecule has 1 rings (SSSR count). The van der Waals surface area contributed by atoms with E-state index in [1.54, 1.807) is 0 Å². The second-order valence-electron chi connectivity index (χ2n) is 4.69. The Labute approximate surface area is 128 Å². The van der Waals surface area contributed by atoms with Crippen molar-refractivity contribution in [1.29, 1.82) is 0 Å². The van der Waals surface area contributed by atoms with Crippen LogP contribution >= 0.6 is 11.6 Å². The number of amides is 1. The highest BCUT2D eigenvalue weighted by Crippen LogP contribution is 2.31. The van der Waals surface area contributed by atoms with Gasteiger partial charge in [-0.05, 0) is 18.9 Å². The number of carbonyl (C=O) groups excluding carboxylic acids is 1. The summed E-state index contributed by atoms with van der Waals surface area (Å²) in [7, 11) is 1.30. The summed E-state index contributed by atoms with van der Waals surface area (Å²) >= 11 is 5.96. The lowest BCUT2D eigenvalue weighted by Crippen LogP contribution is -2.49. The molecule has 0 atom stereocenters. The Morgan fingerprint density at radius 2 is 2.05 bits per heavy atom. The van der Waals surface area contributed by atoms with Gasteiger partial charge in [0.15, 0.2) is 0 Å². The zero-order valence-corrected chi connectivity index (χ0v) is 13.1. The summed E-state index contributed by atoms with van der Waals surface area (Å²) in [6.45, 7) is 3.85. The Bertz CT molecular complexity index is 521. The van der Waals surface area contributed by atoms with Crippen LogP contribution in [0.2, 0.25) is 0 Å². The van der Waals surface area contributed by atoms with E-state index in [0.29, 0.717) is 12.8 Å². The third-order valence-electron chi connectivity index (χ3n) is 3.63. The third kappa shape index (κ3) is 3.64. The fraction of sp³-hybridized carbons (Fsp3) is 0.500. The zero-order valence-electron chi connectivity index (χ0n) is 12.3. The first-order chi connectivity index (χ1) is 9.94. The van der Waals surface area contributed by atoms with Crippen LogP contribution in [0.1, 0.15) is 37.0 Å². The maximum Gasteiger partial charge on any atom is 0.311 e. The summed E-state index contributed by atoms with van der Waals surface area (Å²) in [4.78, 5) is 22.8. The molecule has 0 unspecified atom stereocenters. The van der Waals surface area contributed by atoms with E-state index in [4.69, 9.17) is 16.3 Å². The SMILES string of the molecule is CCC(CC)(CCl)NC(=O)c1cccc([N+](=O)[O-])c1OC. The summed E-state index contributed by atoms with van der Waals surface area (Å²) in [5, 5.41) is 13.8. The number of methoxy groups -OCH3 is 1. The molecule has 1 aromatic carbocycles. The number of para-hydroxylation sites is 1. The van der Waals surface area contributed by atoms with Gasteiger partial charge in [0.2, 0.25) is 5.75 Å². The van der Waals surface area contributed by atoms with Gasteiger partial charge < -0.3 is 10.1 Å². The quantitative estimate of drug-likeness (QED) is 0.476. The number of hydrogen-bond acceptors (Lipinski definition) is 4. The van der Waals surface area contributed by atoms with Crippen LogP contribution in [0.5, 0.6) is 5.75 Å². The number of benzene rings is 1. The Hall–Kier alpha value is -1.82. The summed E-state index contributed by atoms with van der Waals surface area (Å²) in [5.41, 5.74) is -0.647. The number of nitro groups is 1. The number of ether oxygens (including phenoxy) is 1. The van der Waals surface area contributed by atoms with Crippen molar-refractivity contribution in [2.45, 2.75) is 32.2 Å². The predicted octanol–water partition coefficient (Wildman–Crippen LogP) is 3.13. The van der Waals surface area contributed by atoms with Crippen LogP contribution in [0.3, 0.4) is 0 Å². The van der Waals surface area contributed by atoms with Crippen molar-refractivity contribution < 1.29 is 14.5 Å². The van der Waals surface area contributed by atoms with Crippen molar-refractivity contribution in [2.24, 2.45) is 0 Å². The maximum atomic E-state index is 12.4. The van der Waals surface area contributed by atoms with Gasteiger partial charge >= 0.3 is 5.69 Å². The minimum absolute atomic E-state index is 0.0457. The van der Waals surface area contributed by atoms with Gasteiger partial charge in [-0.1, -0.05) is 19.9 Å². The van der Waals surface area contributed by atoms with Gasteiger partial charge in [-0.2, -0.15) is 0 Å². The third-order valence-corrected chi connectivity index (χ3v) is 4.14. The number of nitro benzene ring substituents is 1. The molecule has 0 saturated heterocycles. The summed E-state index contributed by atoms with van der Waals surface area (Å²) in [5.74, 6) is -0.209. The molecule has 116 valence electrons. The fourth-order valence-electron chi connectivity index (χ4n) is 2.02. The number of nitrogens with one attached hydrogen (secondary N) is 1. The van der Waals surface area contributed by atoms with Gasteiger partial charge in [0.05, 0.1) is 23.1 Å². The number of alkyl halides is 1. The lowest BCUT2D eigenvalue weighted by molar-refractivity contribution is -0.385. The highest BCUT2D eigenvalue weighted by Gasteiger charge is 2.30. The van der Waals surface area contributed by atoms with Crippen molar-refractivity contribution >= 4 is 23.2 Å². The Morgan fingerprint density at radius 3 is 2.48 bits per heavy atom. The monoisotopic (exact) mass is 314 g/mol. The molecular weight excluding hydrogens is 296 g/mol. The molecule has 0 aliphatic rings. The number of rotatable bonds is 7. The van der Waals surface area contributed by atoms with E-state index in [2.05, 4.69) is 5.32 Å². The molecule has 0 fully saturated rings. The number of carbonyl (C=O) groups is 1. The van der Waals surface area contributed by atoms with Crippen molar-refractivity contribution in [3.05, 3.63) is 33.9 Å². The zero-order chi connectivity index (χ0) is 16.0. The van der Waals surface area contributed by atoms with Crippen LogP contribution in [-0.4, -0.2) is 29.4 Å². The van der Waals surface area contributed by atoms with Crippen LogP contribution < -0.4 is 10.1 Å². The topological polar surface area (TPSA) is 81.5 Å². The van der Waals surface area contributed by atoms with E-state index in [-0.39, 0.29) is 22.9 Å². The molecule has 0 heterocycles. The van der Waals surface area contributed by atoms with E-state index in [1.165, 1.54) is 25.3 Å². The van der Waals surface area contributed by atoms with Gasteiger partial charge in [0.25, 0.3) is 5.91 Å². The Morgan fingerprint density at radius 1 is 1.43 bits per heavy atom. The van der Waals surface area contributed by atoms with Crippen molar-refractivity contribution in [2.75, 3.05) is 13.0 Å². The lowest BCUT2D eigenvalue weighted by Gasteiger charge is -2.30. The molecule has 1 amide bonds. The number of hydrogen-bond donors (Lipinski definition) is 1. The van der Waals surface area contributed by atoms with E-state index < -0.39 is 16.4 Å². The fourth-order valence-corrected chi connectivity index (χ4v) is 2.46. The smallest absolute Gasteiger partial charge is 0.311 e. The van der Waals surface area contributed by atoms with Gasteiger partial charge in [0.1, 0.15) is 0 Å². The summed E-state index contributed by atoms with van der Waals surface area (Å²) in [6, 6.07) is 4.24. The molecule has 0 aromatic heterocycles. The minimum Gasteiger partial charge on any atom is -0.490 e. The molecule has 0 saturated carbocycles. The van der Waals surface area contributed by atoms with Gasteiger partial charge in [0, 0.05) is 11.9 Å². The van der Waals surface area contributed by atoms with E-state index in [1.807, 2.05) is 13.8 Å². The van der Waals surface area contributed by atoms with E-state index >= 15 is 0 Å². The molecule has 0 aliphatic carbocycles. The second-order valence-corrected chi connectivity index (χ2v) is 4.96. The second kappa shape index (κ2) is 7.26. The van der Waals surface area contributed by atoms with Crippen molar-refractivity contribution in [3.63, 3.8) is 0 Å². The molecule has 6 nitrogen and oxygen atoms in total. The standard InChI is InChI=1S/C14H19ClN2O4/c1-4-14(5-2,9-15)16-13(18)10-7-6-8-11(17(19)20)12(10)21-3/h6-8H,4-5,9H2,1-3H3,(H,16,18). The molecule has 0 radical (unpaired) electrons. The van der Waals surface area contributed by atoms with Crippen LogP contribution in [0.15, 0.2) is 18.2 Å². The summed E-state index contributed by atoms with van der Waals surface area (Å²) in [6.07, 6.45) is 1.33. The summed E-state index contributed by atoms with van der Waals surface area (Å²) < 4.78 is 5.04. The molecule has 1 N–H and O–H groups in total. The highest BCUT2D eigenvalue weighted by molar-refractivity contribution is 6.19. The number of halogens is 1. The molecule has 0 spiro atoms. The van der Waals surface area contributed by atoms with Gasteiger partial charge in [-0.25, -0.2) is 0 Å². The van der Waals surface area contributed by atoms with Crippen LogP contribution in [0.4, 0.5) is 5.69 Å². The van der Waals surface area contributed by atoms with Crippen LogP contribution in [0.25, 0.3) is 0 Å². The average Bonchev–Trinajstić information content (AvgIpc) is 2.51. The predicted molar refractivity (Wildman–Crippen MR) is 81.1 cm³/mol. The minimum atomic E-state index is -0.579. The maximum absolute atomic E-state index is 12.4. The molecule has 0 bridgehead atoms. The van der Waals surface area contributed by atoms with Gasteiger partial charge in [-0.3, -0.25) is 14.9 Å². The lowest BCUT2D eigenvalue weighted by atomic mass is 9.94. The average molecular weight is 315 g/mol. The molecule has 0 aliphatic heterocycles. The number of nitrogens with zero attached hydrogens (tertiary/aromatic N) is 1. The molecule has 21 heavy (non-hydrogen) atoms. The van der Waals surface area contributed by atoms with Crippen molar-refractivity contribution in [3.8, 4) is 5.75 Å². The van der Waals surface area contributed by atoms with Crippen molar-refractivity contribution in [1.82, 2.24) is 5.32 Å².